The van der Waals surface area contributed by atoms with Crippen molar-refractivity contribution < 1.29 is 19.1 Å². The van der Waals surface area contributed by atoms with Gasteiger partial charge < -0.3 is 19.3 Å². The number of hydrogen-bond acceptors (Lipinski definition) is 4. The molecule has 0 bridgehead atoms. The highest BCUT2D eigenvalue weighted by Gasteiger charge is 2.43. The van der Waals surface area contributed by atoms with Crippen LogP contribution in [0.4, 0.5) is 0 Å². The largest absolute Gasteiger partial charge is 0.493 e. The van der Waals surface area contributed by atoms with Crippen molar-refractivity contribution in [1.29, 1.82) is 0 Å². The molecule has 0 radical (unpaired) electrons. The van der Waals surface area contributed by atoms with Crippen LogP contribution >= 0.6 is 11.6 Å². The number of amides is 2. The van der Waals surface area contributed by atoms with E-state index in [4.69, 9.17) is 21.1 Å². The highest BCUT2D eigenvalue weighted by Crippen LogP contribution is 2.38. The second kappa shape index (κ2) is 11.3. The van der Waals surface area contributed by atoms with Crippen molar-refractivity contribution in [3.05, 3.63) is 58.6 Å². The van der Waals surface area contributed by atoms with Gasteiger partial charge in [-0.25, -0.2) is 0 Å². The Labute approximate surface area is 213 Å². The zero-order valence-electron chi connectivity index (χ0n) is 20.8. The second-order valence-corrected chi connectivity index (χ2v) is 10.1. The molecule has 0 N–H and O–H groups in total. The predicted octanol–water partition coefficient (Wildman–Crippen LogP) is 5.63. The van der Waals surface area contributed by atoms with Gasteiger partial charge in [0.2, 0.25) is 5.91 Å². The van der Waals surface area contributed by atoms with Crippen LogP contribution in [0.5, 0.6) is 11.5 Å². The maximum Gasteiger partial charge on any atom is 0.250 e. The van der Waals surface area contributed by atoms with Gasteiger partial charge in [0.1, 0.15) is 12.6 Å². The molecule has 35 heavy (non-hydrogen) atoms. The lowest BCUT2D eigenvalue weighted by atomic mass is 9.85. The zero-order valence-corrected chi connectivity index (χ0v) is 21.6. The van der Waals surface area contributed by atoms with Crippen molar-refractivity contribution in [2.45, 2.75) is 64.6 Å². The van der Waals surface area contributed by atoms with E-state index < -0.39 is 6.04 Å². The topological polar surface area (TPSA) is 59.1 Å². The van der Waals surface area contributed by atoms with Gasteiger partial charge in [-0.1, -0.05) is 49.7 Å². The van der Waals surface area contributed by atoms with Crippen molar-refractivity contribution in [1.82, 2.24) is 9.80 Å². The van der Waals surface area contributed by atoms with Gasteiger partial charge in [0.05, 0.1) is 13.7 Å². The Morgan fingerprint density at radius 1 is 1.03 bits per heavy atom. The number of rotatable bonds is 8. The quantitative estimate of drug-likeness (QED) is 0.473. The first kappa shape index (κ1) is 25.4. The second-order valence-electron chi connectivity index (χ2n) is 9.65. The molecule has 2 aromatic carbocycles. The number of halogens is 1. The van der Waals surface area contributed by atoms with E-state index in [1.54, 1.807) is 18.1 Å². The van der Waals surface area contributed by atoms with Gasteiger partial charge in [0, 0.05) is 17.6 Å². The van der Waals surface area contributed by atoms with E-state index in [1.807, 2.05) is 48.2 Å². The summed E-state index contributed by atoms with van der Waals surface area (Å²) in [5.41, 5.74) is 1.53. The minimum absolute atomic E-state index is 0.0412. The third-order valence-corrected chi connectivity index (χ3v) is 7.51. The number of methoxy groups -OCH3 is 1. The molecule has 0 aromatic heterocycles. The fourth-order valence-electron chi connectivity index (χ4n) is 5.11. The number of hydrogen-bond donors (Lipinski definition) is 0. The molecule has 2 fully saturated rings. The molecule has 188 valence electrons. The molecule has 1 aliphatic carbocycles. The molecule has 1 saturated carbocycles. The number of carbonyl (C=O) groups is 2. The molecule has 2 amide bonds. The van der Waals surface area contributed by atoms with E-state index in [1.165, 1.54) is 0 Å². The first-order chi connectivity index (χ1) is 16.9. The van der Waals surface area contributed by atoms with Gasteiger partial charge >= 0.3 is 0 Å². The van der Waals surface area contributed by atoms with E-state index in [0.717, 1.165) is 37.7 Å². The Morgan fingerprint density at radius 2 is 1.77 bits per heavy atom. The average molecular weight is 499 g/mol. The van der Waals surface area contributed by atoms with Gasteiger partial charge in [-0.2, -0.15) is 0 Å². The summed E-state index contributed by atoms with van der Waals surface area (Å²) in [5, 5.41) is 0.580. The molecule has 6 nitrogen and oxygen atoms in total. The maximum absolute atomic E-state index is 14.0. The molecule has 1 atom stereocenters. The summed E-state index contributed by atoms with van der Waals surface area (Å²) in [5.74, 6) is 1.73. The normalized spacial score (nSPS) is 22.9. The first-order valence-electron chi connectivity index (χ1n) is 12.6. The molecule has 2 aromatic rings. The predicted molar refractivity (Wildman–Crippen MR) is 137 cm³/mol. The van der Waals surface area contributed by atoms with Gasteiger partial charge in [0.15, 0.2) is 11.5 Å². The number of carbonyl (C=O) groups excluding carboxylic acids is 2. The minimum atomic E-state index is -0.749. The van der Waals surface area contributed by atoms with Crippen LogP contribution in [0.25, 0.3) is 0 Å². The lowest BCUT2D eigenvalue weighted by Crippen LogP contribution is -2.58. The van der Waals surface area contributed by atoms with Crippen LogP contribution in [0.1, 0.15) is 63.1 Å². The van der Waals surface area contributed by atoms with Gasteiger partial charge in [0.25, 0.3) is 5.91 Å². The van der Waals surface area contributed by atoms with Crippen LogP contribution in [0, 0.1) is 5.92 Å². The molecule has 2 aliphatic rings. The first-order valence-corrected chi connectivity index (χ1v) is 12.9. The molecule has 7 heteroatoms. The van der Waals surface area contributed by atoms with E-state index in [-0.39, 0.29) is 30.9 Å². The number of piperazine rings is 1. The van der Waals surface area contributed by atoms with Crippen molar-refractivity contribution in [2.24, 2.45) is 5.92 Å². The summed E-state index contributed by atoms with van der Waals surface area (Å²) in [6.07, 6.45) is 4.90. The molecular formula is C28H35ClN2O4. The van der Waals surface area contributed by atoms with E-state index in [2.05, 4.69) is 6.92 Å². The van der Waals surface area contributed by atoms with E-state index in [9.17, 15) is 9.59 Å². The van der Waals surface area contributed by atoms with Crippen LogP contribution in [0.3, 0.4) is 0 Å². The van der Waals surface area contributed by atoms with Gasteiger partial charge in [-0.3, -0.25) is 9.59 Å². The molecule has 1 aliphatic heterocycles. The molecule has 0 unspecified atom stereocenters. The van der Waals surface area contributed by atoms with Gasteiger partial charge in [-0.05, 0) is 67.3 Å². The van der Waals surface area contributed by atoms with Crippen LogP contribution in [0.2, 0.25) is 5.02 Å². The highest BCUT2D eigenvalue weighted by atomic mass is 35.5. The maximum atomic E-state index is 14.0. The molecule has 0 spiro atoms. The zero-order chi connectivity index (χ0) is 24.9. The summed E-state index contributed by atoms with van der Waals surface area (Å²) in [6.45, 7) is 5.24. The SMILES string of the molecule is CCCOc1ccc([C@@H]2C(=O)N(C3CCC(C)CC3)CC(=O)N2Cc2ccccc2Cl)cc1OC. The van der Waals surface area contributed by atoms with Crippen molar-refractivity contribution in [3.8, 4) is 11.5 Å². The summed E-state index contributed by atoms with van der Waals surface area (Å²) >= 11 is 6.43. The summed E-state index contributed by atoms with van der Waals surface area (Å²) < 4.78 is 11.4. The van der Waals surface area contributed by atoms with Crippen LogP contribution in [-0.4, -0.2) is 47.9 Å². The molecule has 1 saturated heterocycles. The van der Waals surface area contributed by atoms with Gasteiger partial charge in [-0.15, -0.1) is 0 Å². The molecule has 4 rings (SSSR count). The Balaban J connectivity index is 1.70. The van der Waals surface area contributed by atoms with Crippen LogP contribution in [-0.2, 0) is 16.1 Å². The number of benzene rings is 2. The standard InChI is InChI=1S/C28H35ClN2O4/c1-4-15-35-24-14-11-20(16-25(24)34-3)27-28(33)30(22-12-9-19(2)10-13-22)18-26(32)31(27)17-21-7-5-6-8-23(21)29/h5-8,11,14,16,19,22,27H,4,9-10,12-13,15,17-18H2,1-3H3/t19?,22?,27-/m1/s1. The third-order valence-electron chi connectivity index (χ3n) is 7.14. The summed E-state index contributed by atoms with van der Waals surface area (Å²) in [6, 6.07) is 12.3. The van der Waals surface area contributed by atoms with E-state index in [0.29, 0.717) is 34.6 Å². The Hall–Kier alpha value is -2.73. The third kappa shape index (κ3) is 5.58. The lowest BCUT2D eigenvalue weighted by molar-refractivity contribution is -0.160. The van der Waals surface area contributed by atoms with Crippen LogP contribution in [0.15, 0.2) is 42.5 Å². The minimum Gasteiger partial charge on any atom is -0.493 e. The van der Waals surface area contributed by atoms with Crippen LogP contribution < -0.4 is 9.47 Å². The fourth-order valence-corrected chi connectivity index (χ4v) is 5.31. The Bertz CT molecular complexity index is 1050. The van der Waals surface area contributed by atoms with Crippen molar-refractivity contribution >= 4 is 23.4 Å². The number of nitrogens with zero attached hydrogens (tertiary/aromatic N) is 2. The lowest BCUT2D eigenvalue weighted by Gasteiger charge is -2.45. The molecule has 1 heterocycles. The number of ether oxygens (including phenoxy) is 2. The van der Waals surface area contributed by atoms with Crippen molar-refractivity contribution in [2.75, 3.05) is 20.3 Å². The molecular weight excluding hydrogens is 464 g/mol. The fraction of sp³-hybridized carbons (Fsp3) is 0.500. The smallest absolute Gasteiger partial charge is 0.250 e. The van der Waals surface area contributed by atoms with Crippen molar-refractivity contribution in [3.63, 3.8) is 0 Å². The average Bonchev–Trinajstić information content (AvgIpc) is 2.86. The monoisotopic (exact) mass is 498 g/mol. The Morgan fingerprint density at radius 3 is 2.46 bits per heavy atom. The summed E-state index contributed by atoms with van der Waals surface area (Å²) in [4.78, 5) is 31.0. The summed E-state index contributed by atoms with van der Waals surface area (Å²) in [7, 11) is 1.59. The Kier molecular flexibility index (Phi) is 8.22. The van der Waals surface area contributed by atoms with E-state index >= 15 is 0 Å². The highest BCUT2D eigenvalue weighted by molar-refractivity contribution is 6.31.